The van der Waals surface area contributed by atoms with Crippen LogP contribution in [0.4, 0.5) is 11.4 Å². The molecule has 0 bridgehead atoms. The Morgan fingerprint density at radius 3 is 2.25 bits per heavy atom. The predicted octanol–water partition coefficient (Wildman–Crippen LogP) is 2.16. The summed E-state index contributed by atoms with van der Waals surface area (Å²) < 4.78 is 5.46. The first-order chi connectivity index (χ1) is 11.7. The standard InChI is InChI=1S/C19H23N3O2/c1-24-19-5-3-2-4-17(19)22-12-10-21(11-13-22)16-8-6-15(7-9-16)18(23)14-20/h2-9H,10-14,20H2,1H3. The van der Waals surface area contributed by atoms with Gasteiger partial charge in [-0.25, -0.2) is 0 Å². The van der Waals surface area contributed by atoms with Crippen LogP contribution in [0.1, 0.15) is 10.4 Å². The average molecular weight is 325 g/mol. The molecular weight excluding hydrogens is 302 g/mol. The minimum absolute atomic E-state index is 0.0254. The fraction of sp³-hybridized carbons (Fsp3) is 0.316. The molecule has 1 aliphatic rings. The molecule has 5 heteroatoms. The van der Waals surface area contributed by atoms with Crippen molar-refractivity contribution in [3.8, 4) is 5.75 Å². The maximum absolute atomic E-state index is 11.6. The van der Waals surface area contributed by atoms with Crippen molar-refractivity contribution in [3.63, 3.8) is 0 Å². The Kier molecular flexibility index (Phi) is 5.01. The summed E-state index contributed by atoms with van der Waals surface area (Å²) in [6, 6.07) is 15.8. The molecule has 24 heavy (non-hydrogen) atoms. The maximum atomic E-state index is 11.6. The van der Waals surface area contributed by atoms with Crippen molar-refractivity contribution in [2.45, 2.75) is 0 Å². The van der Waals surface area contributed by atoms with E-state index in [4.69, 9.17) is 10.5 Å². The van der Waals surface area contributed by atoms with Gasteiger partial charge in [0.05, 0.1) is 19.3 Å². The van der Waals surface area contributed by atoms with E-state index < -0.39 is 0 Å². The molecule has 0 aromatic heterocycles. The number of benzene rings is 2. The Hall–Kier alpha value is -2.53. The molecule has 2 aromatic carbocycles. The molecule has 2 N–H and O–H groups in total. The normalized spacial score (nSPS) is 14.6. The van der Waals surface area contributed by atoms with Crippen molar-refractivity contribution >= 4 is 17.2 Å². The van der Waals surface area contributed by atoms with Gasteiger partial charge in [0.25, 0.3) is 0 Å². The number of methoxy groups -OCH3 is 1. The highest BCUT2D eigenvalue weighted by Crippen LogP contribution is 2.29. The Morgan fingerprint density at radius 1 is 1.00 bits per heavy atom. The first-order valence-corrected chi connectivity index (χ1v) is 8.19. The summed E-state index contributed by atoms with van der Waals surface area (Å²) in [4.78, 5) is 16.3. The molecule has 1 fully saturated rings. The van der Waals surface area contributed by atoms with E-state index in [9.17, 15) is 4.79 Å². The summed E-state index contributed by atoms with van der Waals surface area (Å²) in [5.41, 5.74) is 8.36. The minimum atomic E-state index is -0.0254. The number of para-hydroxylation sites is 2. The molecule has 0 unspecified atom stereocenters. The summed E-state index contributed by atoms with van der Waals surface area (Å²) in [6.07, 6.45) is 0. The molecule has 0 atom stereocenters. The van der Waals surface area contributed by atoms with Crippen molar-refractivity contribution in [1.82, 2.24) is 0 Å². The third kappa shape index (κ3) is 3.36. The summed E-state index contributed by atoms with van der Waals surface area (Å²) >= 11 is 0. The van der Waals surface area contributed by atoms with Crippen molar-refractivity contribution < 1.29 is 9.53 Å². The number of carbonyl (C=O) groups excluding carboxylic acids is 1. The maximum Gasteiger partial charge on any atom is 0.176 e. The van der Waals surface area contributed by atoms with Crippen LogP contribution in [-0.4, -0.2) is 45.6 Å². The van der Waals surface area contributed by atoms with Gasteiger partial charge in [0.2, 0.25) is 0 Å². The van der Waals surface area contributed by atoms with E-state index in [0.717, 1.165) is 43.3 Å². The van der Waals surface area contributed by atoms with E-state index in [2.05, 4.69) is 15.9 Å². The highest BCUT2D eigenvalue weighted by Gasteiger charge is 2.19. The van der Waals surface area contributed by atoms with Crippen LogP contribution in [0, 0.1) is 0 Å². The Bertz CT molecular complexity index is 692. The molecule has 0 aliphatic carbocycles. The highest BCUT2D eigenvalue weighted by molar-refractivity contribution is 5.97. The number of ether oxygens (including phenoxy) is 1. The average Bonchev–Trinajstić information content (AvgIpc) is 2.67. The predicted molar refractivity (Wildman–Crippen MR) is 97.2 cm³/mol. The van der Waals surface area contributed by atoms with Crippen LogP contribution in [0.2, 0.25) is 0 Å². The molecule has 0 saturated carbocycles. The molecule has 1 saturated heterocycles. The number of carbonyl (C=O) groups is 1. The number of anilines is 2. The van der Waals surface area contributed by atoms with Gasteiger partial charge in [-0.05, 0) is 36.4 Å². The summed E-state index contributed by atoms with van der Waals surface area (Å²) in [7, 11) is 1.71. The molecule has 0 amide bonds. The zero-order chi connectivity index (χ0) is 16.9. The molecule has 0 spiro atoms. The van der Waals surface area contributed by atoms with E-state index in [-0.39, 0.29) is 12.3 Å². The zero-order valence-electron chi connectivity index (χ0n) is 13.9. The molecule has 0 radical (unpaired) electrons. The third-order valence-corrected chi connectivity index (χ3v) is 4.45. The van der Waals surface area contributed by atoms with E-state index in [1.54, 1.807) is 7.11 Å². The fourth-order valence-electron chi connectivity index (χ4n) is 3.07. The number of hydrogen-bond acceptors (Lipinski definition) is 5. The second-order valence-corrected chi connectivity index (χ2v) is 5.82. The van der Waals surface area contributed by atoms with Gasteiger partial charge in [-0.1, -0.05) is 12.1 Å². The third-order valence-electron chi connectivity index (χ3n) is 4.45. The van der Waals surface area contributed by atoms with Crippen LogP contribution >= 0.6 is 0 Å². The molecule has 3 rings (SSSR count). The summed E-state index contributed by atoms with van der Waals surface area (Å²) in [5.74, 6) is 0.887. The van der Waals surface area contributed by atoms with Crippen molar-refractivity contribution in [1.29, 1.82) is 0 Å². The van der Waals surface area contributed by atoms with E-state index in [1.807, 2.05) is 42.5 Å². The number of rotatable bonds is 5. The van der Waals surface area contributed by atoms with Gasteiger partial charge in [0.1, 0.15) is 5.75 Å². The number of nitrogens with two attached hydrogens (primary N) is 1. The summed E-state index contributed by atoms with van der Waals surface area (Å²) in [5, 5.41) is 0. The van der Waals surface area contributed by atoms with Gasteiger partial charge in [0.15, 0.2) is 5.78 Å². The van der Waals surface area contributed by atoms with Crippen LogP contribution in [0.5, 0.6) is 5.75 Å². The number of hydrogen-bond donors (Lipinski definition) is 1. The summed E-state index contributed by atoms with van der Waals surface area (Å²) in [6.45, 7) is 3.79. The van der Waals surface area contributed by atoms with Crippen LogP contribution in [0.3, 0.4) is 0 Å². The molecular formula is C19H23N3O2. The van der Waals surface area contributed by atoms with Crippen molar-refractivity contribution in [2.75, 3.05) is 49.6 Å². The first-order valence-electron chi connectivity index (χ1n) is 8.19. The minimum Gasteiger partial charge on any atom is -0.495 e. The van der Waals surface area contributed by atoms with E-state index in [1.165, 1.54) is 0 Å². The van der Waals surface area contributed by atoms with E-state index >= 15 is 0 Å². The largest absolute Gasteiger partial charge is 0.495 e. The van der Waals surface area contributed by atoms with Gasteiger partial charge in [-0.2, -0.15) is 0 Å². The van der Waals surface area contributed by atoms with Crippen LogP contribution in [0.15, 0.2) is 48.5 Å². The molecule has 126 valence electrons. The number of Topliss-reactive ketones (excluding diaryl/α,β-unsaturated/α-hetero) is 1. The van der Waals surface area contributed by atoms with Gasteiger partial charge >= 0.3 is 0 Å². The lowest BCUT2D eigenvalue weighted by molar-refractivity contribution is 0.100. The van der Waals surface area contributed by atoms with Crippen molar-refractivity contribution in [3.05, 3.63) is 54.1 Å². The molecule has 2 aromatic rings. The monoisotopic (exact) mass is 325 g/mol. The Morgan fingerprint density at radius 2 is 1.62 bits per heavy atom. The zero-order valence-corrected chi connectivity index (χ0v) is 13.9. The number of ketones is 1. The second-order valence-electron chi connectivity index (χ2n) is 5.82. The smallest absolute Gasteiger partial charge is 0.176 e. The van der Waals surface area contributed by atoms with Gasteiger partial charge < -0.3 is 20.3 Å². The van der Waals surface area contributed by atoms with Gasteiger partial charge in [0, 0.05) is 37.4 Å². The topological polar surface area (TPSA) is 58.8 Å². The lowest BCUT2D eigenvalue weighted by Crippen LogP contribution is -2.46. The van der Waals surface area contributed by atoms with Crippen LogP contribution in [0.25, 0.3) is 0 Å². The fourth-order valence-corrected chi connectivity index (χ4v) is 3.07. The quantitative estimate of drug-likeness (QED) is 0.854. The second kappa shape index (κ2) is 7.36. The van der Waals surface area contributed by atoms with Gasteiger partial charge in [-0.15, -0.1) is 0 Å². The van der Waals surface area contributed by atoms with E-state index in [0.29, 0.717) is 5.56 Å². The van der Waals surface area contributed by atoms with Crippen molar-refractivity contribution in [2.24, 2.45) is 5.73 Å². The molecule has 5 nitrogen and oxygen atoms in total. The lowest BCUT2D eigenvalue weighted by Gasteiger charge is -2.37. The molecule has 1 heterocycles. The SMILES string of the molecule is COc1ccccc1N1CCN(c2ccc(C(=O)CN)cc2)CC1. The van der Waals surface area contributed by atoms with Crippen LogP contribution in [-0.2, 0) is 0 Å². The molecule has 1 aliphatic heterocycles. The highest BCUT2D eigenvalue weighted by atomic mass is 16.5. The number of nitrogens with zero attached hydrogens (tertiary/aromatic N) is 2. The Labute approximate surface area is 142 Å². The lowest BCUT2D eigenvalue weighted by atomic mass is 10.1. The van der Waals surface area contributed by atoms with Crippen LogP contribution < -0.4 is 20.3 Å². The number of piperazine rings is 1. The Balaban J connectivity index is 1.65. The van der Waals surface area contributed by atoms with Gasteiger partial charge in [-0.3, -0.25) is 4.79 Å². The first kappa shape index (κ1) is 16.3.